The Morgan fingerprint density at radius 1 is 1.48 bits per heavy atom. The second kappa shape index (κ2) is 4.87. The molecule has 3 rings (SSSR count). The van der Waals surface area contributed by atoms with E-state index >= 15 is 0 Å². The van der Waals surface area contributed by atoms with E-state index in [1.54, 1.807) is 0 Å². The number of carbonyl (C=O) groups excluding carboxylic acids is 1. The molecule has 2 aliphatic carbocycles. The summed E-state index contributed by atoms with van der Waals surface area (Å²) < 4.78 is 2.97. The Bertz CT molecular complexity index is 573. The summed E-state index contributed by atoms with van der Waals surface area (Å²) >= 11 is 3.47. The molecule has 4 heteroatoms. The van der Waals surface area contributed by atoms with Crippen molar-refractivity contribution in [3.05, 3.63) is 22.4 Å². The average molecular weight is 353 g/mol. The highest BCUT2D eigenvalue weighted by atomic mass is 79.9. The maximum absolute atomic E-state index is 12.7. The lowest BCUT2D eigenvalue weighted by Crippen LogP contribution is -2.52. The number of amides is 1. The summed E-state index contributed by atoms with van der Waals surface area (Å²) in [5.41, 5.74) is 1.22. The smallest absolute Gasteiger partial charge is 0.268 e. The van der Waals surface area contributed by atoms with Crippen LogP contribution >= 0.6 is 15.9 Å². The van der Waals surface area contributed by atoms with Crippen LogP contribution in [0.3, 0.4) is 0 Å². The molecular weight excluding hydrogens is 328 g/mol. The van der Waals surface area contributed by atoms with E-state index in [0.29, 0.717) is 0 Å². The topological polar surface area (TPSA) is 34.0 Å². The molecule has 0 saturated heterocycles. The molecule has 2 fully saturated rings. The predicted molar refractivity (Wildman–Crippen MR) is 88.3 cm³/mol. The minimum atomic E-state index is 0.0643. The molecule has 21 heavy (non-hydrogen) atoms. The number of nitrogens with one attached hydrogen (secondary N) is 1. The van der Waals surface area contributed by atoms with Crippen LogP contribution in [0.4, 0.5) is 0 Å². The van der Waals surface area contributed by atoms with Gasteiger partial charge in [-0.3, -0.25) is 4.79 Å². The second-order valence-corrected chi connectivity index (χ2v) is 8.57. The van der Waals surface area contributed by atoms with Crippen molar-refractivity contribution in [2.24, 2.45) is 16.7 Å². The van der Waals surface area contributed by atoms with Gasteiger partial charge < -0.3 is 9.88 Å². The number of carbonyl (C=O) groups is 1. The number of aryl methyl sites for hydroxylation is 1. The molecule has 2 aliphatic rings. The first-order valence-corrected chi connectivity index (χ1v) is 8.74. The van der Waals surface area contributed by atoms with E-state index in [-0.39, 0.29) is 22.8 Å². The minimum absolute atomic E-state index is 0.0643. The van der Waals surface area contributed by atoms with Crippen LogP contribution in [0.15, 0.2) is 16.7 Å². The summed E-state index contributed by atoms with van der Waals surface area (Å²) in [6.45, 7) is 9.86. The highest BCUT2D eigenvalue weighted by Gasteiger charge is 2.59. The van der Waals surface area contributed by atoms with Crippen LogP contribution in [0, 0.1) is 16.7 Å². The fourth-order valence-corrected chi connectivity index (χ4v) is 5.26. The fraction of sp³-hybridized carbons (Fsp3) is 0.706. The minimum Gasteiger partial charge on any atom is -0.347 e. The summed E-state index contributed by atoms with van der Waals surface area (Å²) in [7, 11) is 0. The summed E-state index contributed by atoms with van der Waals surface area (Å²) in [6.07, 6.45) is 5.78. The molecule has 3 nitrogen and oxygen atoms in total. The Kier molecular flexibility index (Phi) is 3.51. The molecule has 0 radical (unpaired) electrons. The number of fused-ring (bicyclic) bond motifs is 2. The van der Waals surface area contributed by atoms with Gasteiger partial charge in [0.05, 0.1) is 0 Å². The predicted octanol–water partition coefficient (Wildman–Crippen LogP) is 4.22. The third-order valence-electron chi connectivity index (χ3n) is 5.98. The number of rotatable bonds is 3. The van der Waals surface area contributed by atoms with Crippen molar-refractivity contribution >= 4 is 21.8 Å². The second-order valence-electron chi connectivity index (χ2n) is 7.65. The zero-order valence-electron chi connectivity index (χ0n) is 13.4. The van der Waals surface area contributed by atoms with Crippen molar-refractivity contribution in [3.8, 4) is 0 Å². The van der Waals surface area contributed by atoms with E-state index in [9.17, 15) is 4.79 Å². The van der Waals surface area contributed by atoms with Crippen LogP contribution in [0.25, 0.3) is 0 Å². The number of nitrogens with zero attached hydrogens (tertiary/aromatic N) is 1. The monoisotopic (exact) mass is 352 g/mol. The third kappa shape index (κ3) is 2.26. The Labute approximate surface area is 135 Å². The summed E-state index contributed by atoms with van der Waals surface area (Å²) in [5, 5.41) is 3.36. The van der Waals surface area contributed by atoms with Gasteiger partial charge in [0.1, 0.15) is 5.69 Å². The van der Waals surface area contributed by atoms with Crippen molar-refractivity contribution in [2.75, 3.05) is 0 Å². The van der Waals surface area contributed by atoms with Crippen molar-refractivity contribution in [3.63, 3.8) is 0 Å². The SMILES string of the molecule is CCn1cc(Br)cc1C(=O)NC1C2(C)CCC(C2)C1(C)C. The van der Waals surface area contributed by atoms with Crippen LogP contribution in [-0.2, 0) is 6.54 Å². The van der Waals surface area contributed by atoms with E-state index in [2.05, 4.69) is 48.9 Å². The molecule has 0 aliphatic heterocycles. The van der Waals surface area contributed by atoms with Gasteiger partial charge in [-0.2, -0.15) is 0 Å². The fourth-order valence-electron chi connectivity index (χ4n) is 4.79. The van der Waals surface area contributed by atoms with E-state index in [4.69, 9.17) is 0 Å². The standard InChI is InChI=1S/C17H25BrN2O/c1-5-20-10-12(18)8-13(20)14(21)19-15-16(2,3)11-6-7-17(15,4)9-11/h8,10-11,15H,5-7,9H2,1-4H3,(H,19,21). The average Bonchev–Trinajstić information content (AvgIpc) is 3.03. The molecular formula is C17H25BrN2O. The Morgan fingerprint density at radius 3 is 2.76 bits per heavy atom. The zero-order valence-corrected chi connectivity index (χ0v) is 15.0. The Balaban J connectivity index is 1.84. The van der Waals surface area contributed by atoms with Crippen LogP contribution in [0.1, 0.15) is 57.4 Å². The first-order chi connectivity index (χ1) is 9.78. The summed E-state index contributed by atoms with van der Waals surface area (Å²) in [6, 6.07) is 2.19. The van der Waals surface area contributed by atoms with E-state index in [1.807, 2.05) is 16.8 Å². The molecule has 1 aromatic rings. The summed E-state index contributed by atoms with van der Waals surface area (Å²) in [4.78, 5) is 12.7. The van der Waals surface area contributed by atoms with E-state index in [1.165, 1.54) is 19.3 Å². The number of aromatic nitrogens is 1. The first kappa shape index (κ1) is 15.1. The van der Waals surface area contributed by atoms with Gasteiger partial charge in [0, 0.05) is 23.3 Å². The molecule has 3 unspecified atom stereocenters. The molecule has 1 N–H and O–H groups in total. The van der Waals surface area contributed by atoms with Gasteiger partial charge in [-0.25, -0.2) is 0 Å². The molecule has 1 amide bonds. The molecule has 116 valence electrons. The third-order valence-corrected chi connectivity index (χ3v) is 6.42. The zero-order chi connectivity index (χ0) is 15.4. The van der Waals surface area contributed by atoms with Gasteiger partial charge in [0.2, 0.25) is 0 Å². The maximum Gasteiger partial charge on any atom is 0.268 e. The number of hydrogen-bond donors (Lipinski definition) is 1. The van der Waals surface area contributed by atoms with Gasteiger partial charge in [-0.15, -0.1) is 0 Å². The first-order valence-electron chi connectivity index (χ1n) is 7.94. The largest absolute Gasteiger partial charge is 0.347 e. The molecule has 3 atom stereocenters. The van der Waals surface area contributed by atoms with Crippen LogP contribution in [0.5, 0.6) is 0 Å². The molecule has 0 spiro atoms. The van der Waals surface area contributed by atoms with Crippen LogP contribution in [0.2, 0.25) is 0 Å². The van der Waals surface area contributed by atoms with Crippen LogP contribution in [-0.4, -0.2) is 16.5 Å². The van der Waals surface area contributed by atoms with Gasteiger partial charge in [-0.1, -0.05) is 20.8 Å². The maximum atomic E-state index is 12.7. The Hall–Kier alpha value is -0.770. The van der Waals surface area contributed by atoms with Gasteiger partial charge in [0.15, 0.2) is 0 Å². The quantitative estimate of drug-likeness (QED) is 0.868. The normalized spacial score (nSPS) is 33.4. The van der Waals surface area contributed by atoms with Crippen molar-refractivity contribution in [1.82, 2.24) is 9.88 Å². The number of halogens is 1. The molecule has 0 aromatic carbocycles. The molecule has 1 heterocycles. The van der Waals surface area contributed by atoms with Gasteiger partial charge in [0.25, 0.3) is 5.91 Å². The highest BCUT2D eigenvalue weighted by molar-refractivity contribution is 9.10. The van der Waals surface area contributed by atoms with Crippen molar-refractivity contribution < 1.29 is 4.79 Å². The van der Waals surface area contributed by atoms with E-state index in [0.717, 1.165) is 22.6 Å². The molecule has 2 bridgehead atoms. The van der Waals surface area contributed by atoms with Gasteiger partial charge >= 0.3 is 0 Å². The van der Waals surface area contributed by atoms with Crippen molar-refractivity contribution in [1.29, 1.82) is 0 Å². The van der Waals surface area contributed by atoms with Crippen molar-refractivity contribution in [2.45, 2.75) is 59.5 Å². The lowest BCUT2D eigenvalue weighted by Gasteiger charge is -2.43. The van der Waals surface area contributed by atoms with Gasteiger partial charge in [-0.05, 0) is 64.9 Å². The molecule has 2 saturated carbocycles. The highest BCUT2D eigenvalue weighted by Crippen LogP contribution is 2.62. The lowest BCUT2D eigenvalue weighted by molar-refractivity contribution is 0.0729. The van der Waals surface area contributed by atoms with Crippen LogP contribution < -0.4 is 5.32 Å². The Morgan fingerprint density at radius 2 is 2.19 bits per heavy atom. The van der Waals surface area contributed by atoms with E-state index < -0.39 is 0 Å². The summed E-state index contributed by atoms with van der Waals surface area (Å²) in [5.74, 6) is 0.812. The number of hydrogen-bond acceptors (Lipinski definition) is 1. The lowest BCUT2D eigenvalue weighted by atomic mass is 9.68. The molecule has 1 aromatic heterocycles.